The van der Waals surface area contributed by atoms with Gasteiger partial charge in [-0.1, -0.05) is 20.8 Å². The molecule has 0 radical (unpaired) electrons. The van der Waals surface area contributed by atoms with Gasteiger partial charge in [-0.15, -0.1) is 0 Å². The molecule has 4 amide bonds. The summed E-state index contributed by atoms with van der Waals surface area (Å²) in [6.07, 6.45) is 2.14. The van der Waals surface area contributed by atoms with Crippen molar-refractivity contribution in [1.29, 1.82) is 0 Å². The van der Waals surface area contributed by atoms with Crippen LogP contribution in [0.15, 0.2) is 0 Å². The number of ether oxygens (including phenoxy) is 1. The van der Waals surface area contributed by atoms with Gasteiger partial charge in [-0.2, -0.15) is 0 Å². The van der Waals surface area contributed by atoms with Crippen molar-refractivity contribution < 1.29 is 23.9 Å². The first-order valence-corrected chi connectivity index (χ1v) is 12.0. The summed E-state index contributed by atoms with van der Waals surface area (Å²) in [5.74, 6) is -1.60. The highest BCUT2D eigenvalue weighted by Crippen LogP contribution is 2.65. The molecule has 0 spiro atoms. The number of hydrogen-bond acceptors (Lipinski definition) is 6. The van der Waals surface area contributed by atoms with E-state index in [1.165, 1.54) is 0 Å². The summed E-state index contributed by atoms with van der Waals surface area (Å²) < 4.78 is 5.44. The summed E-state index contributed by atoms with van der Waals surface area (Å²) in [4.78, 5) is 52.7. The van der Waals surface area contributed by atoms with Crippen LogP contribution in [0.1, 0.15) is 46.5 Å². The molecule has 6 N–H and O–H groups in total. The van der Waals surface area contributed by atoms with Gasteiger partial charge in [-0.25, -0.2) is 0 Å². The van der Waals surface area contributed by atoms with E-state index in [1.807, 2.05) is 6.92 Å². The molecule has 0 aromatic heterocycles. The van der Waals surface area contributed by atoms with Gasteiger partial charge >= 0.3 is 0 Å². The van der Waals surface area contributed by atoms with Crippen LogP contribution in [0.4, 0.5) is 0 Å². The highest BCUT2D eigenvalue weighted by molar-refractivity contribution is 5.94. The molecule has 33 heavy (non-hydrogen) atoms. The van der Waals surface area contributed by atoms with Crippen molar-refractivity contribution in [3.8, 4) is 0 Å². The van der Waals surface area contributed by atoms with Crippen LogP contribution in [0.5, 0.6) is 0 Å². The summed E-state index contributed by atoms with van der Waals surface area (Å²) in [5, 5.41) is 5.50. The van der Waals surface area contributed by atoms with Crippen molar-refractivity contribution in [3.05, 3.63) is 0 Å². The van der Waals surface area contributed by atoms with Gasteiger partial charge in [0.25, 0.3) is 0 Å². The molecule has 10 heteroatoms. The SMILES string of the molecule is CC1([C@H](N)C(=O)N2C[C@H]3[C@@H]([C@H]2C(=O)N[C@@H](C[C@@H]2CCNC2=O)C(N)=O)C3(C)C)CCOCC1. The molecular weight excluding hydrogens is 426 g/mol. The Morgan fingerprint density at radius 3 is 2.48 bits per heavy atom. The van der Waals surface area contributed by atoms with E-state index in [0.29, 0.717) is 45.6 Å². The molecule has 3 heterocycles. The van der Waals surface area contributed by atoms with Crippen molar-refractivity contribution in [2.75, 3.05) is 26.3 Å². The molecule has 0 aromatic carbocycles. The Kier molecular flexibility index (Phi) is 6.20. The van der Waals surface area contributed by atoms with Crippen LogP contribution in [-0.2, 0) is 23.9 Å². The fraction of sp³-hybridized carbons (Fsp3) is 0.826. The lowest BCUT2D eigenvalue weighted by Gasteiger charge is -2.41. The summed E-state index contributed by atoms with van der Waals surface area (Å²) >= 11 is 0. The van der Waals surface area contributed by atoms with E-state index >= 15 is 0 Å². The molecule has 4 aliphatic rings. The Labute approximate surface area is 194 Å². The van der Waals surface area contributed by atoms with Crippen LogP contribution < -0.4 is 22.1 Å². The van der Waals surface area contributed by atoms with E-state index in [9.17, 15) is 19.2 Å². The molecule has 6 atom stereocenters. The Balaban J connectivity index is 1.50. The van der Waals surface area contributed by atoms with E-state index in [2.05, 4.69) is 24.5 Å². The number of piperidine rings is 1. The number of fused-ring (bicyclic) bond motifs is 1. The Morgan fingerprint density at radius 2 is 1.91 bits per heavy atom. The lowest BCUT2D eigenvalue weighted by Crippen LogP contribution is -2.60. The normalized spacial score (nSPS) is 33.6. The first-order chi connectivity index (χ1) is 15.5. The maximum absolute atomic E-state index is 13.5. The zero-order valence-corrected chi connectivity index (χ0v) is 19.8. The first-order valence-electron chi connectivity index (χ1n) is 12.0. The van der Waals surface area contributed by atoms with Gasteiger partial charge in [0.2, 0.25) is 23.6 Å². The number of carbonyl (C=O) groups excluding carboxylic acids is 4. The number of nitrogens with zero attached hydrogens (tertiary/aromatic N) is 1. The second-order valence-corrected chi connectivity index (χ2v) is 11.1. The van der Waals surface area contributed by atoms with Crippen LogP contribution in [0.2, 0.25) is 0 Å². The number of rotatable bonds is 7. The van der Waals surface area contributed by atoms with Gasteiger partial charge in [-0.3, -0.25) is 19.2 Å². The molecule has 184 valence electrons. The molecular formula is C23H37N5O5. The Hall–Kier alpha value is -2.20. The average Bonchev–Trinajstić information content (AvgIpc) is 3.13. The van der Waals surface area contributed by atoms with Crippen molar-refractivity contribution in [2.24, 2.45) is 40.1 Å². The van der Waals surface area contributed by atoms with E-state index in [-0.39, 0.29) is 46.8 Å². The molecule has 0 unspecified atom stereocenters. The summed E-state index contributed by atoms with van der Waals surface area (Å²) in [5.41, 5.74) is 11.6. The molecule has 4 rings (SSSR count). The number of amides is 4. The summed E-state index contributed by atoms with van der Waals surface area (Å²) in [7, 11) is 0. The van der Waals surface area contributed by atoms with E-state index in [4.69, 9.17) is 16.2 Å². The largest absolute Gasteiger partial charge is 0.381 e. The van der Waals surface area contributed by atoms with Crippen LogP contribution in [-0.4, -0.2) is 73.0 Å². The molecule has 1 aliphatic carbocycles. The van der Waals surface area contributed by atoms with Gasteiger partial charge in [0.05, 0.1) is 6.04 Å². The lowest BCUT2D eigenvalue weighted by atomic mass is 9.75. The highest BCUT2D eigenvalue weighted by Gasteiger charge is 2.69. The average molecular weight is 464 g/mol. The Bertz CT molecular complexity index is 839. The van der Waals surface area contributed by atoms with Crippen molar-refractivity contribution in [1.82, 2.24) is 15.5 Å². The topological polar surface area (TPSA) is 157 Å². The number of likely N-dealkylation sites (tertiary alicyclic amines) is 1. The van der Waals surface area contributed by atoms with Crippen LogP contribution >= 0.6 is 0 Å². The minimum absolute atomic E-state index is 0.000508. The fourth-order valence-corrected chi connectivity index (χ4v) is 6.10. The molecule has 0 bridgehead atoms. The number of hydrogen-bond donors (Lipinski definition) is 4. The van der Waals surface area contributed by atoms with Gasteiger partial charge in [0.1, 0.15) is 12.1 Å². The van der Waals surface area contributed by atoms with Crippen LogP contribution in [0.25, 0.3) is 0 Å². The number of carbonyl (C=O) groups is 4. The summed E-state index contributed by atoms with van der Waals surface area (Å²) in [6, 6.07) is -2.40. The van der Waals surface area contributed by atoms with E-state index in [0.717, 1.165) is 0 Å². The lowest BCUT2D eigenvalue weighted by molar-refractivity contribution is -0.145. The van der Waals surface area contributed by atoms with Gasteiger partial charge in [0.15, 0.2) is 0 Å². The maximum Gasteiger partial charge on any atom is 0.243 e. The molecule has 10 nitrogen and oxygen atoms in total. The molecule has 0 aromatic rings. The highest BCUT2D eigenvalue weighted by atomic mass is 16.5. The number of nitrogens with one attached hydrogen (secondary N) is 2. The van der Waals surface area contributed by atoms with Gasteiger partial charge in [-0.05, 0) is 48.3 Å². The molecule has 3 saturated heterocycles. The third kappa shape index (κ3) is 4.23. The predicted octanol–water partition coefficient (Wildman–Crippen LogP) is -0.890. The molecule has 1 saturated carbocycles. The van der Waals surface area contributed by atoms with E-state index < -0.39 is 29.9 Å². The van der Waals surface area contributed by atoms with Crippen LogP contribution in [0, 0.1) is 28.6 Å². The zero-order chi connectivity index (χ0) is 24.1. The quantitative estimate of drug-likeness (QED) is 0.384. The minimum Gasteiger partial charge on any atom is -0.381 e. The third-order valence-corrected chi connectivity index (χ3v) is 8.76. The van der Waals surface area contributed by atoms with Crippen molar-refractivity contribution in [3.63, 3.8) is 0 Å². The predicted molar refractivity (Wildman–Crippen MR) is 119 cm³/mol. The van der Waals surface area contributed by atoms with Crippen LogP contribution in [0.3, 0.4) is 0 Å². The van der Waals surface area contributed by atoms with E-state index in [1.54, 1.807) is 4.90 Å². The second-order valence-electron chi connectivity index (χ2n) is 11.1. The first kappa shape index (κ1) is 23.9. The second kappa shape index (κ2) is 8.54. The molecule has 4 fully saturated rings. The summed E-state index contributed by atoms with van der Waals surface area (Å²) in [6.45, 7) is 8.35. The smallest absolute Gasteiger partial charge is 0.243 e. The maximum atomic E-state index is 13.5. The van der Waals surface area contributed by atoms with Crippen molar-refractivity contribution >= 4 is 23.6 Å². The van der Waals surface area contributed by atoms with Gasteiger partial charge < -0.3 is 31.7 Å². The van der Waals surface area contributed by atoms with Crippen molar-refractivity contribution in [2.45, 2.75) is 64.6 Å². The minimum atomic E-state index is -0.967. The monoisotopic (exact) mass is 463 g/mol. The standard InChI is InChI=1S/C23H37N5O5/c1-22(2)13-11-28(21(32)17(24)23(3)5-8-33-9-6-23)16(15(13)22)20(31)27-14(18(25)29)10-12-4-7-26-19(12)30/h12-17H,4-11,24H2,1-3H3,(H2,25,29)(H,26,30)(H,27,31)/t12-,13-,14-,15-,16-,17+/m0/s1. The Morgan fingerprint density at radius 1 is 1.24 bits per heavy atom. The number of nitrogens with two attached hydrogens (primary N) is 2. The third-order valence-electron chi connectivity index (χ3n) is 8.76. The fourth-order valence-electron chi connectivity index (χ4n) is 6.10. The number of primary amides is 1. The van der Waals surface area contributed by atoms with Gasteiger partial charge in [0, 0.05) is 32.2 Å². The zero-order valence-electron chi connectivity index (χ0n) is 19.8. The molecule has 3 aliphatic heterocycles.